The Morgan fingerprint density at radius 1 is 1.06 bits per heavy atom. The van der Waals surface area contributed by atoms with Crippen molar-refractivity contribution in [3.05, 3.63) is 91.3 Å². The van der Waals surface area contributed by atoms with Gasteiger partial charge in [-0.25, -0.2) is 14.8 Å². The molecular formula is C23H19N7O4S. The molecular weight excluding hydrogens is 470 g/mol. The molecule has 12 heteroatoms. The van der Waals surface area contributed by atoms with E-state index in [9.17, 15) is 13.2 Å². The number of urea groups is 1. The minimum Gasteiger partial charge on any atom is -0.379 e. The first-order chi connectivity index (χ1) is 17.0. The van der Waals surface area contributed by atoms with Gasteiger partial charge in [0.25, 0.3) is 0 Å². The van der Waals surface area contributed by atoms with Gasteiger partial charge in [0, 0.05) is 30.3 Å². The third-order valence-corrected chi connectivity index (χ3v) is 6.24. The van der Waals surface area contributed by atoms with Gasteiger partial charge in [0.15, 0.2) is 0 Å². The topological polar surface area (TPSA) is 144 Å². The summed E-state index contributed by atoms with van der Waals surface area (Å²) in [5, 5.41) is 5.29. The lowest BCUT2D eigenvalue weighted by Gasteiger charge is -2.08. The van der Waals surface area contributed by atoms with E-state index in [1.165, 1.54) is 24.3 Å². The summed E-state index contributed by atoms with van der Waals surface area (Å²) in [4.78, 5) is 27.5. The summed E-state index contributed by atoms with van der Waals surface area (Å²) in [5.41, 5.74) is 2.50. The predicted octanol–water partition coefficient (Wildman–Crippen LogP) is 3.23. The van der Waals surface area contributed by atoms with Crippen LogP contribution in [-0.2, 0) is 16.7 Å². The Morgan fingerprint density at radius 3 is 2.66 bits per heavy atom. The number of hydrogen-bond acceptors (Lipinski definition) is 7. The fourth-order valence-electron chi connectivity index (χ4n) is 3.29. The van der Waals surface area contributed by atoms with Gasteiger partial charge in [0.1, 0.15) is 10.6 Å². The van der Waals surface area contributed by atoms with Crippen LogP contribution >= 0.6 is 0 Å². The first-order valence-electron chi connectivity index (χ1n) is 10.4. The summed E-state index contributed by atoms with van der Waals surface area (Å²) in [6.07, 6.45) is 6.65. The first-order valence-corrected chi connectivity index (χ1v) is 11.8. The van der Waals surface area contributed by atoms with Gasteiger partial charge in [0.05, 0.1) is 29.6 Å². The van der Waals surface area contributed by atoms with Crippen LogP contribution in [0.15, 0.2) is 90.5 Å². The lowest BCUT2D eigenvalue weighted by Crippen LogP contribution is -2.28. The predicted molar refractivity (Wildman–Crippen MR) is 128 cm³/mol. The molecule has 0 bridgehead atoms. The first kappa shape index (κ1) is 22.1. The van der Waals surface area contributed by atoms with Crippen molar-refractivity contribution in [3.8, 4) is 11.4 Å². The summed E-state index contributed by atoms with van der Waals surface area (Å²) in [5.74, 6) is 0.294. The second-order valence-electron chi connectivity index (χ2n) is 7.39. The molecule has 3 heterocycles. The van der Waals surface area contributed by atoms with E-state index in [2.05, 4.69) is 30.6 Å². The minimum atomic E-state index is -4.06. The number of aromatic nitrogens is 5. The fourth-order valence-corrected chi connectivity index (χ4v) is 4.22. The smallest absolute Gasteiger partial charge is 0.339 e. The number of hydrogen-bond donors (Lipinski definition) is 3. The van der Waals surface area contributed by atoms with Crippen molar-refractivity contribution in [2.24, 2.45) is 0 Å². The van der Waals surface area contributed by atoms with Crippen LogP contribution in [0.3, 0.4) is 0 Å². The molecule has 0 spiro atoms. The Morgan fingerprint density at radius 2 is 1.91 bits per heavy atom. The van der Waals surface area contributed by atoms with E-state index < -0.39 is 16.1 Å². The van der Waals surface area contributed by atoms with Crippen LogP contribution in [0.4, 0.5) is 10.7 Å². The van der Waals surface area contributed by atoms with Crippen molar-refractivity contribution in [2.75, 3.05) is 5.32 Å². The Balaban J connectivity index is 1.26. The normalized spacial score (nSPS) is 11.3. The molecule has 0 atom stereocenters. The average molecular weight is 490 g/mol. The fraction of sp³-hybridized carbons (Fsp3) is 0.0435. The van der Waals surface area contributed by atoms with Gasteiger partial charge >= 0.3 is 16.1 Å². The van der Waals surface area contributed by atoms with E-state index in [0.717, 1.165) is 5.69 Å². The van der Waals surface area contributed by atoms with Crippen molar-refractivity contribution in [1.29, 1.82) is 0 Å². The molecule has 0 unspecified atom stereocenters. The lowest BCUT2D eigenvalue weighted by atomic mass is 10.3. The van der Waals surface area contributed by atoms with Crippen molar-refractivity contribution in [2.45, 2.75) is 11.4 Å². The van der Waals surface area contributed by atoms with Crippen LogP contribution in [0, 0.1) is 0 Å². The monoisotopic (exact) mass is 489 g/mol. The second-order valence-corrected chi connectivity index (χ2v) is 8.94. The molecule has 0 aliphatic rings. The standard InChI is InChI=1S/C23H19N7O4S/c31-23(26-14-16-3-1-2-10-25-16)29-22-27-20-9-6-18(13-21(20)28-22)34-35(32,33)19-7-4-17(5-8-19)30-12-11-24-15-30/h1-13,15H,14H2,(H3,26,27,28,29,31). The van der Waals surface area contributed by atoms with Crippen LogP contribution in [0.5, 0.6) is 5.75 Å². The molecule has 3 aromatic heterocycles. The zero-order valence-electron chi connectivity index (χ0n) is 18.1. The van der Waals surface area contributed by atoms with Crippen molar-refractivity contribution >= 4 is 33.1 Å². The summed E-state index contributed by atoms with van der Waals surface area (Å²) in [6, 6.07) is 15.8. The molecule has 3 N–H and O–H groups in total. The number of rotatable bonds is 7. The van der Waals surface area contributed by atoms with E-state index >= 15 is 0 Å². The molecule has 0 radical (unpaired) electrons. The number of fused-ring (bicyclic) bond motifs is 1. The van der Waals surface area contributed by atoms with Gasteiger partial charge in [-0.15, -0.1) is 0 Å². The van der Waals surface area contributed by atoms with Gasteiger partial charge in [-0.05, 0) is 48.5 Å². The minimum absolute atomic E-state index is 0.00965. The van der Waals surface area contributed by atoms with E-state index in [4.69, 9.17) is 4.18 Å². The Hall–Kier alpha value is -4.71. The van der Waals surface area contributed by atoms with Crippen LogP contribution in [0.2, 0.25) is 0 Å². The maximum atomic E-state index is 12.7. The van der Waals surface area contributed by atoms with Gasteiger partial charge in [0.2, 0.25) is 5.95 Å². The number of amides is 2. The highest BCUT2D eigenvalue weighted by atomic mass is 32.2. The molecule has 0 saturated carbocycles. The Labute approximate surface area is 200 Å². The molecule has 5 rings (SSSR count). The number of aromatic amines is 1. The van der Waals surface area contributed by atoms with E-state index in [-0.39, 0.29) is 23.1 Å². The number of anilines is 1. The second kappa shape index (κ2) is 9.27. The van der Waals surface area contributed by atoms with E-state index in [0.29, 0.717) is 16.7 Å². The molecule has 2 aromatic carbocycles. The zero-order valence-corrected chi connectivity index (χ0v) is 18.9. The number of pyridine rings is 1. The molecule has 0 saturated heterocycles. The molecule has 0 aliphatic heterocycles. The SMILES string of the molecule is O=C(NCc1ccccn1)Nc1nc2cc(OS(=O)(=O)c3ccc(-n4ccnc4)cc3)ccc2[nH]1. The Kier molecular flexibility index (Phi) is 5.85. The van der Waals surface area contributed by atoms with E-state index in [1.807, 2.05) is 6.07 Å². The van der Waals surface area contributed by atoms with E-state index in [1.54, 1.807) is 59.8 Å². The molecule has 11 nitrogen and oxygen atoms in total. The number of carbonyl (C=O) groups excluding carboxylic acids is 1. The number of nitrogens with one attached hydrogen (secondary N) is 3. The zero-order chi connectivity index (χ0) is 24.3. The van der Waals surface area contributed by atoms with Crippen molar-refractivity contribution in [1.82, 2.24) is 29.8 Å². The summed E-state index contributed by atoms with van der Waals surface area (Å²) in [7, 11) is -4.06. The summed E-state index contributed by atoms with van der Waals surface area (Å²) < 4.78 is 32.5. The van der Waals surface area contributed by atoms with Crippen LogP contribution in [0.1, 0.15) is 5.69 Å². The highest BCUT2D eigenvalue weighted by Gasteiger charge is 2.18. The number of nitrogens with zero attached hydrogens (tertiary/aromatic N) is 4. The maximum absolute atomic E-state index is 12.7. The summed E-state index contributed by atoms with van der Waals surface area (Å²) >= 11 is 0. The van der Waals surface area contributed by atoms with Gasteiger partial charge < -0.3 is 19.1 Å². The largest absolute Gasteiger partial charge is 0.379 e. The van der Waals surface area contributed by atoms with Gasteiger partial charge in [-0.1, -0.05) is 6.07 Å². The Bertz CT molecular complexity index is 1570. The van der Waals surface area contributed by atoms with Crippen molar-refractivity contribution in [3.63, 3.8) is 0 Å². The molecule has 2 amide bonds. The number of carbonyl (C=O) groups is 1. The average Bonchev–Trinajstić information content (AvgIpc) is 3.53. The van der Waals surface area contributed by atoms with Crippen LogP contribution in [0.25, 0.3) is 16.7 Å². The van der Waals surface area contributed by atoms with Crippen LogP contribution < -0.4 is 14.8 Å². The maximum Gasteiger partial charge on any atom is 0.339 e. The number of benzene rings is 2. The summed E-state index contributed by atoms with van der Waals surface area (Å²) in [6.45, 7) is 0.256. The quantitative estimate of drug-likeness (QED) is 0.298. The van der Waals surface area contributed by atoms with Gasteiger partial charge in [-0.2, -0.15) is 8.42 Å². The highest BCUT2D eigenvalue weighted by Crippen LogP contribution is 2.24. The number of imidazole rings is 2. The third kappa shape index (κ3) is 5.12. The van der Waals surface area contributed by atoms with Gasteiger partial charge in [-0.3, -0.25) is 10.3 Å². The van der Waals surface area contributed by atoms with Crippen LogP contribution in [-0.4, -0.2) is 39.0 Å². The molecule has 0 aliphatic carbocycles. The number of H-pyrrole nitrogens is 1. The lowest BCUT2D eigenvalue weighted by molar-refractivity contribution is 0.251. The molecule has 35 heavy (non-hydrogen) atoms. The molecule has 176 valence electrons. The molecule has 5 aromatic rings. The highest BCUT2D eigenvalue weighted by molar-refractivity contribution is 7.87. The third-order valence-electron chi connectivity index (χ3n) is 4.98. The van der Waals surface area contributed by atoms with Crippen molar-refractivity contribution < 1.29 is 17.4 Å². The molecule has 0 fully saturated rings.